The van der Waals surface area contributed by atoms with Crippen molar-refractivity contribution in [2.75, 3.05) is 6.61 Å². The van der Waals surface area contributed by atoms with Crippen molar-refractivity contribution in [3.05, 3.63) is 33.3 Å². The van der Waals surface area contributed by atoms with E-state index < -0.39 is 10.5 Å². The van der Waals surface area contributed by atoms with Crippen LogP contribution in [0.4, 0.5) is 5.69 Å². The van der Waals surface area contributed by atoms with Crippen molar-refractivity contribution < 1.29 is 9.66 Å². The van der Waals surface area contributed by atoms with Crippen molar-refractivity contribution in [1.29, 1.82) is 0 Å². The molecule has 0 bridgehead atoms. The standard InChI is InChI=1S/C12H17ClN2O3/c1-3-12(14,4-2)8-18-11-7-9(13)5-6-10(11)15(16)17/h5-7H,3-4,8,14H2,1-2H3. The van der Waals surface area contributed by atoms with Gasteiger partial charge in [0.05, 0.1) is 4.92 Å². The lowest BCUT2D eigenvalue weighted by atomic mass is 9.96. The summed E-state index contributed by atoms with van der Waals surface area (Å²) in [6, 6.07) is 4.22. The Labute approximate surface area is 111 Å². The number of nitrogens with zero attached hydrogens (tertiary/aromatic N) is 1. The highest BCUT2D eigenvalue weighted by Gasteiger charge is 2.23. The first kappa shape index (κ1) is 14.7. The van der Waals surface area contributed by atoms with E-state index in [1.165, 1.54) is 18.2 Å². The van der Waals surface area contributed by atoms with Crippen LogP contribution in [0.1, 0.15) is 26.7 Å². The van der Waals surface area contributed by atoms with Gasteiger partial charge >= 0.3 is 5.69 Å². The van der Waals surface area contributed by atoms with Crippen LogP contribution in [0.3, 0.4) is 0 Å². The summed E-state index contributed by atoms with van der Waals surface area (Å²) in [5.41, 5.74) is 5.50. The Morgan fingerprint density at radius 1 is 1.44 bits per heavy atom. The number of halogens is 1. The third-order valence-electron chi connectivity index (χ3n) is 3.04. The molecule has 0 atom stereocenters. The minimum Gasteiger partial charge on any atom is -0.485 e. The zero-order valence-corrected chi connectivity index (χ0v) is 11.2. The van der Waals surface area contributed by atoms with Crippen LogP contribution in [0.25, 0.3) is 0 Å². The zero-order chi connectivity index (χ0) is 13.8. The molecule has 0 heterocycles. The molecule has 0 saturated carbocycles. The topological polar surface area (TPSA) is 78.4 Å². The second-order valence-electron chi connectivity index (χ2n) is 4.23. The molecule has 0 amide bonds. The van der Waals surface area contributed by atoms with Crippen LogP contribution in [0, 0.1) is 10.1 Å². The molecule has 1 rings (SSSR count). The molecule has 0 fully saturated rings. The molecule has 100 valence electrons. The normalized spacial score (nSPS) is 11.3. The molecule has 0 aliphatic rings. The summed E-state index contributed by atoms with van der Waals surface area (Å²) in [5.74, 6) is 0.157. The number of nitro groups is 1. The van der Waals surface area contributed by atoms with Crippen molar-refractivity contribution in [2.24, 2.45) is 5.73 Å². The summed E-state index contributed by atoms with van der Waals surface area (Å²) >= 11 is 5.81. The zero-order valence-electron chi connectivity index (χ0n) is 10.5. The number of hydrogen-bond acceptors (Lipinski definition) is 4. The van der Waals surface area contributed by atoms with Crippen molar-refractivity contribution in [3.63, 3.8) is 0 Å². The Balaban J connectivity index is 2.90. The number of rotatable bonds is 6. The van der Waals surface area contributed by atoms with E-state index in [4.69, 9.17) is 22.1 Å². The number of hydrogen-bond donors (Lipinski definition) is 1. The summed E-state index contributed by atoms with van der Waals surface area (Å²) in [5, 5.41) is 11.2. The quantitative estimate of drug-likeness (QED) is 0.637. The number of nitrogens with two attached hydrogens (primary N) is 1. The van der Waals surface area contributed by atoms with E-state index in [9.17, 15) is 10.1 Å². The van der Waals surface area contributed by atoms with Crippen molar-refractivity contribution in [2.45, 2.75) is 32.2 Å². The largest absolute Gasteiger partial charge is 0.485 e. The Morgan fingerprint density at radius 2 is 2.06 bits per heavy atom. The third-order valence-corrected chi connectivity index (χ3v) is 3.28. The van der Waals surface area contributed by atoms with E-state index in [-0.39, 0.29) is 18.0 Å². The molecule has 0 radical (unpaired) electrons. The van der Waals surface area contributed by atoms with E-state index in [0.29, 0.717) is 5.02 Å². The molecule has 0 aliphatic heterocycles. The molecule has 1 aromatic rings. The fraction of sp³-hybridized carbons (Fsp3) is 0.500. The van der Waals surface area contributed by atoms with Gasteiger partial charge in [0.15, 0.2) is 5.75 Å². The van der Waals surface area contributed by atoms with Crippen LogP contribution in [-0.2, 0) is 0 Å². The monoisotopic (exact) mass is 272 g/mol. The molecule has 0 spiro atoms. The van der Waals surface area contributed by atoms with Crippen molar-refractivity contribution >= 4 is 17.3 Å². The van der Waals surface area contributed by atoms with Crippen LogP contribution in [0.15, 0.2) is 18.2 Å². The maximum absolute atomic E-state index is 10.8. The minimum absolute atomic E-state index is 0.103. The second-order valence-corrected chi connectivity index (χ2v) is 4.66. The number of benzene rings is 1. The molecule has 0 aliphatic carbocycles. The van der Waals surface area contributed by atoms with Gasteiger partial charge in [0.1, 0.15) is 6.61 Å². The van der Waals surface area contributed by atoms with Gasteiger partial charge in [-0.1, -0.05) is 25.4 Å². The molecule has 0 unspecified atom stereocenters. The molecule has 0 aromatic heterocycles. The van der Waals surface area contributed by atoms with Crippen molar-refractivity contribution in [3.8, 4) is 5.75 Å². The molecule has 18 heavy (non-hydrogen) atoms. The lowest BCUT2D eigenvalue weighted by Gasteiger charge is -2.26. The lowest BCUT2D eigenvalue weighted by molar-refractivity contribution is -0.385. The third kappa shape index (κ3) is 3.58. The Kier molecular flexibility index (Phi) is 4.93. The SMILES string of the molecule is CCC(N)(CC)COc1cc(Cl)ccc1[N+](=O)[O-]. The highest BCUT2D eigenvalue weighted by atomic mass is 35.5. The average Bonchev–Trinajstić information content (AvgIpc) is 2.35. The van der Waals surface area contributed by atoms with Gasteiger partial charge in [0.25, 0.3) is 0 Å². The van der Waals surface area contributed by atoms with Crippen LogP contribution in [0.5, 0.6) is 5.75 Å². The van der Waals surface area contributed by atoms with Crippen LogP contribution >= 0.6 is 11.6 Å². The molecule has 1 aromatic carbocycles. The van der Waals surface area contributed by atoms with Gasteiger partial charge in [-0.2, -0.15) is 0 Å². The van der Waals surface area contributed by atoms with Gasteiger partial charge in [0, 0.05) is 22.7 Å². The average molecular weight is 273 g/mol. The summed E-state index contributed by atoms with van der Waals surface area (Å²) < 4.78 is 5.48. The Morgan fingerprint density at radius 3 is 2.56 bits per heavy atom. The Hall–Kier alpha value is -1.33. The maximum atomic E-state index is 10.8. The molecule has 6 heteroatoms. The number of nitro benzene ring substituents is 1. The lowest BCUT2D eigenvalue weighted by Crippen LogP contribution is -2.44. The fourth-order valence-corrected chi connectivity index (χ4v) is 1.59. The second kappa shape index (κ2) is 6.02. The van der Waals surface area contributed by atoms with Gasteiger partial charge in [-0.3, -0.25) is 10.1 Å². The van der Waals surface area contributed by atoms with Crippen LogP contribution in [0.2, 0.25) is 5.02 Å². The minimum atomic E-state index is -0.498. The van der Waals surface area contributed by atoms with Crippen molar-refractivity contribution in [1.82, 2.24) is 0 Å². The van der Waals surface area contributed by atoms with Gasteiger partial charge < -0.3 is 10.5 Å². The molecule has 0 saturated heterocycles. The van der Waals surface area contributed by atoms with Gasteiger partial charge in [-0.15, -0.1) is 0 Å². The molecular formula is C12H17ClN2O3. The highest BCUT2D eigenvalue weighted by Crippen LogP contribution is 2.30. The van der Waals surface area contributed by atoms with Gasteiger partial charge in [0.2, 0.25) is 0 Å². The fourth-order valence-electron chi connectivity index (χ4n) is 1.43. The maximum Gasteiger partial charge on any atom is 0.311 e. The summed E-state index contributed by atoms with van der Waals surface area (Å²) in [7, 11) is 0. The van der Waals surface area contributed by atoms with Crippen LogP contribution < -0.4 is 10.5 Å². The Bertz CT molecular complexity index is 433. The predicted molar refractivity (Wildman–Crippen MR) is 71.1 cm³/mol. The van der Waals surface area contributed by atoms with Gasteiger partial charge in [-0.05, 0) is 18.9 Å². The molecular weight excluding hydrogens is 256 g/mol. The number of ether oxygens (including phenoxy) is 1. The predicted octanol–water partition coefficient (Wildman–Crippen LogP) is 3.14. The first-order chi connectivity index (χ1) is 8.41. The van der Waals surface area contributed by atoms with E-state index in [1.54, 1.807) is 0 Å². The summed E-state index contributed by atoms with van der Waals surface area (Å²) in [6.07, 6.45) is 1.47. The van der Waals surface area contributed by atoms with E-state index in [2.05, 4.69) is 0 Å². The summed E-state index contributed by atoms with van der Waals surface area (Å²) in [6.45, 7) is 4.14. The van der Waals surface area contributed by atoms with Gasteiger partial charge in [-0.25, -0.2) is 0 Å². The smallest absolute Gasteiger partial charge is 0.311 e. The van der Waals surface area contributed by atoms with Crippen LogP contribution in [-0.4, -0.2) is 17.1 Å². The molecule has 2 N–H and O–H groups in total. The first-order valence-corrected chi connectivity index (χ1v) is 6.15. The first-order valence-electron chi connectivity index (χ1n) is 5.77. The van der Waals surface area contributed by atoms with E-state index in [1.807, 2.05) is 13.8 Å². The molecule has 5 nitrogen and oxygen atoms in total. The van der Waals surface area contributed by atoms with E-state index in [0.717, 1.165) is 12.8 Å². The van der Waals surface area contributed by atoms with E-state index >= 15 is 0 Å². The highest BCUT2D eigenvalue weighted by molar-refractivity contribution is 6.30. The summed E-state index contributed by atoms with van der Waals surface area (Å²) in [4.78, 5) is 10.3.